The average molecular weight is 276 g/mol. The van der Waals surface area contributed by atoms with Crippen molar-refractivity contribution in [1.82, 2.24) is 9.97 Å². The van der Waals surface area contributed by atoms with Crippen molar-refractivity contribution in [2.24, 2.45) is 0 Å². The molecule has 0 saturated carbocycles. The minimum atomic E-state index is -1.08. The van der Waals surface area contributed by atoms with E-state index in [2.05, 4.69) is 9.97 Å². The van der Waals surface area contributed by atoms with E-state index >= 15 is 0 Å². The third-order valence-corrected chi connectivity index (χ3v) is 3.30. The summed E-state index contributed by atoms with van der Waals surface area (Å²) in [6, 6.07) is 7.07. The van der Waals surface area contributed by atoms with E-state index in [1.54, 1.807) is 30.7 Å². The van der Waals surface area contributed by atoms with Gasteiger partial charge in [-0.3, -0.25) is 4.98 Å². The molecule has 0 amide bonds. The highest BCUT2D eigenvalue weighted by molar-refractivity contribution is 7.98. The van der Waals surface area contributed by atoms with Gasteiger partial charge in [-0.15, -0.1) is 11.8 Å². The zero-order valence-corrected chi connectivity index (χ0v) is 11.3. The SMILES string of the molecule is COc1cc(-c2ccccn2)nc(C(=O)O)c1SC. The minimum Gasteiger partial charge on any atom is -0.495 e. The van der Waals surface area contributed by atoms with Crippen LogP contribution in [0.15, 0.2) is 35.4 Å². The molecule has 2 aromatic rings. The van der Waals surface area contributed by atoms with Gasteiger partial charge in [0.15, 0.2) is 5.69 Å². The van der Waals surface area contributed by atoms with Crippen molar-refractivity contribution >= 4 is 17.7 Å². The summed E-state index contributed by atoms with van der Waals surface area (Å²) < 4.78 is 5.24. The van der Waals surface area contributed by atoms with Crippen molar-refractivity contribution in [3.63, 3.8) is 0 Å². The van der Waals surface area contributed by atoms with Crippen LogP contribution < -0.4 is 4.74 Å². The zero-order valence-electron chi connectivity index (χ0n) is 10.5. The molecule has 0 radical (unpaired) electrons. The van der Waals surface area contributed by atoms with Gasteiger partial charge < -0.3 is 9.84 Å². The Morgan fingerprint density at radius 3 is 2.68 bits per heavy atom. The number of ether oxygens (including phenoxy) is 1. The first-order valence-electron chi connectivity index (χ1n) is 5.45. The van der Waals surface area contributed by atoms with Gasteiger partial charge in [0.1, 0.15) is 5.75 Å². The van der Waals surface area contributed by atoms with Gasteiger partial charge >= 0.3 is 5.97 Å². The number of hydrogen-bond acceptors (Lipinski definition) is 5. The second-order valence-corrected chi connectivity index (χ2v) is 4.43. The van der Waals surface area contributed by atoms with Crippen LogP contribution in [0.3, 0.4) is 0 Å². The molecular weight excluding hydrogens is 264 g/mol. The fraction of sp³-hybridized carbons (Fsp3) is 0.154. The highest BCUT2D eigenvalue weighted by Gasteiger charge is 2.19. The number of carbonyl (C=O) groups is 1. The van der Waals surface area contributed by atoms with E-state index in [0.717, 1.165) is 0 Å². The number of aromatic carboxylic acids is 1. The summed E-state index contributed by atoms with van der Waals surface area (Å²) in [6.45, 7) is 0. The molecule has 5 nitrogen and oxygen atoms in total. The number of methoxy groups -OCH3 is 1. The maximum atomic E-state index is 11.3. The Bertz CT molecular complexity index is 602. The molecule has 0 atom stereocenters. The molecular formula is C13H12N2O3S. The van der Waals surface area contributed by atoms with Gasteiger partial charge in [-0.2, -0.15) is 0 Å². The van der Waals surface area contributed by atoms with Crippen LogP contribution in [-0.4, -0.2) is 34.4 Å². The van der Waals surface area contributed by atoms with E-state index in [1.165, 1.54) is 18.9 Å². The molecule has 2 heterocycles. The van der Waals surface area contributed by atoms with Crippen molar-refractivity contribution in [2.75, 3.05) is 13.4 Å². The van der Waals surface area contributed by atoms with E-state index in [0.29, 0.717) is 22.0 Å². The van der Waals surface area contributed by atoms with E-state index < -0.39 is 5.97 Å². The van der Waals surface area contributed by atoms with Gasteiger partial charge in [0, 0.05) is 12.3 Å². The van der Waals surface area contributed by atoms with Crippen LogP contribution in [0.1, 0.15) is 10.5 Å². The van der Waals surface area contributed by atoms with E-state index in [9.17, 15) is 9.90 Å². The Hall–Kier alpha value is -2.08. The Morgan fingerprint density at radius 1 is 1.37 bits per heavy atom. The van der Waals surface area contributed by atoms with Gasteiger partial charge in [0.2, 0.25) is 0 Å². The van der Waals surface area contributed by atoms with Crippen LogP contribution in [-0.2, 0) is 0 Å². The molecule has 0 aliphatic heterocycles. The molecule has 0 aliphatic carbocycles. The third-order valence-electron chi connectivity index (χ3n) is 2.49. The van der Waals surface area contributed by atoms with Crippen LogP contribution in [0.5, 0.6) is 5.75 Å². The first kappa shape index (κ1) is 13.4. The topological polar surface area (TPSA) is 72.3 Å². The number of aromatic nitrogens is 2. The molecule has 0 fully saturated rings. The van der Waals surface area contributed by atoms with Gasteiger partial charge in [0.25, 0.3) is 0 Å². The molecule has 0 unspecified atom stereocenters. The number of rotatable bonds is 4. The second-order valence-electron chi connectivity index (χ2n) is 3.61. The van der Waals surface area contributed by atoms with Gasteiger partial charge in [-0.05, 0) is 18.4 Å². The normalized spacial score (nSPS) is 10.2. The molecule has 0 saturated heterocycles. The lowest BCUT2D eigenvalue weighted by molar-refractivity contribution is 0.0685. The van der Waals surface area contributed by atoms with E-state index in [1.807, 2.05) is 6.07 Å². The Morgan fingerprint density at radius 2 is 2.16 bits per heavy atom. The number of carboxylic acids is 1. The Kier molecular flexibility index (Phi) is 4.01. The van der Waals surface area contributed by atoms with Crippen molar-refractivity contribution < 1.29 is 14.6 Å². The maximum Gasteiger partial charge on any atom is 0.355 e. The number of carboxylic acid groups (broad SMARTS) is 1. The summed E-state index contributed by atoms with van der Waals surface area (Å²) in [4.78, 5) is 20.1. The second kappa shape index (κ2) is 5.71. The summed E-state index contributed by atoms with van der Waals surface area (Å²) in [5, 5.41) is 9.24. The first-order chi connectivity index (χ1) is 9.17. The van der Waals surface area contributed by atoms with Crippen molar-refractivity contribution in [1.29, 1.82) is 0 Å². The summed E-state index contributed by atoms with van der Waals surface area (Å²) in [5.41, 5.74) is 1.07. The van der Waals surface area contributed by atoms with Crippen LogP contribution in [0.4, 0.5) is 0 Å². The van der Waals surface area contributed by atoms with Crippen molar-refractivity contribution in [3.8, 4) is 17.1 Å². The largest absolute Gasteiger partial charge is 0.495 e. The molecule has 0 aliphatic rings. The van der Waals surface area contributed by atoms with Gasteiger partial charge in [-0.25, -0.2) is 9.78 Å². The highest BCUT2D eigenvalue weighted by Crippen LogP contribution is 2.33. The lowest BCUT2D eigenvalue weighted by atomic mass is 10.2. The van der Waals surface area contributed by atoms with Crippen molar-refractivity contribution in [3.05, 3.63) is 36.2 Å². The molecule has 0 aromatic carbocycles. The Labute approximate surface area is 114 Å². The standard InChI is InChI=1S/C13H12N2O3S/c1-18-10-7-9(8-5-3-4-6-14-8)15-11(13(16)17)12(10)19-2/h3-7H,1-2H3,(H,16,17). The molecule has 98 valence electrons. The molecule has 0 spiro atoms. The maximum absolute atomic E-state index is 11.3. The quantitative estimate of drug-likeness (QED) is 0.865. The molecule has 6 heteroatoms. The lowest BCUT2D eigenvalue weighted by Crippen LogP contribution is -2.06. The summed E-state index contributed by atoms with van der Waals surface area (Å²) in [7, 11) is 1.50. The minimum absolute atomic E-state index is 0.0208. The molecule has 1 N–H and O–H groups in total. The van der Waals surface area contributed by atoms with Gasteiger partial charge in [-0.1, -0.05) is 6.07 Å². The fourth-order valence-electron chi connectivity index (χ4n) is 1.65. The molecule has 2 aromatic heterocycles. The molecule has 0 bridgehead atoms. The fourth-order valence-corrected chi connectivity index (χ4v) is 2.32. The number of thioether (sulfide) groups is 1. The summed E-state index contributed by atoms with van der Waals surface area (Å²) in [6.07, 6.45) is 3.42. The van der Waals surface area contributed by atoms with Gasteiger partial charge in [0.05, 0.1) is 23.4 Å². The predicted octanol–water partition coefficient (Wildman–Crippen LogP) is 2.57. The molecule has 19 heavy (non-hydrogen) atoms. The summed E-state index contributed by atoms with van der Waals surface area (Å²) >= 11 is 1.29. The van der Waals surface area contributed by atoms with Crippen LogP contribution in [0, 0.1) is 0 Å². The van der Waals surface area contributed by atoms with Crippen molar-refractivity contribution in [2.45, 2.75) is 4.90 Å². The smallest absolute Gasteiger partial charge is 0.355 e. The number of hydrogen-bond donors (Lipinski definition) is 1. The molecule has 2 rings (SSSR count). The summed E-state index contributed by atoms with van der Waals surface area (Å²) in [5.74, 6) is -0.596. The zero-order chi connectivity index (χ0) is 13.8. The van der Waals surface area contributed by atoms with Crippen LogP contribution in [0.25, 0.3) is 11.4 Å². The number of nitrogens with zero attached hydrogens (tertiary/aromatic N) is 2. The highest BCUT2D eigenvalue weighted by atomic mass is 32.2. The van der Waals surface area contributed by atoms with Crippen LogP contribution >= 0.6 is 11.8 Å². The van der Waals surface area contributed by atoms with Crippen LogP contribution in [0.2, 0.25) is 0 Å². The number of pyridine rings is 2. The average Bonchev–Trinajstić information content (AvgIpc) is 2.46. The third kappa shape index (κ3) is 2.68. The lowest BCUT2D eigenvalue weighted by Gasteiger charge is -2.11. The monoisotopic (exact) mass is 276 g/mol. The van der Waals surface area contributed by atoms with E-state index in [4.69, 9.17) is 4.74 Å². The van der Waals surface area contributed by atoms with E-state index in [-0.39, 0.29) is 5.69 Å². The Balaban J connectivity index is 2.65. The predicted molar refractivity (Wildman–Crippen MR) is 72.8 cm³/mol. The first-order valence-corrected chi connectivity index (χ1v) is 6.67.